The van der Waals surface area contributed by atoms with Crippen LogP contribution in [0, 0.1) is 22.7 Å². The van der Waals surface area contributed by atoms with Crippen molar-refractivity contribution in [2.75, 3.05) is 0 Å². The zero-order valence-electron chi connectivity index (χ0n) is 12.3. The summed E-state index contributed by atoms with van der Waals surface area (Å²) in [6, 6.07) is 0. The number of carbonyl (C=O) groups excluding carboxylic acids is 2. The molecule has 0 saturated heterocycles. The Morgan fingerprint density at radius 3 is 2.10 bits per heavy atom. The third kappa shape index (κ3) is 1.54. The van der Waals surface area contributed by atoms with Crippen LogP contribution < -0.4 is 0 Å². The topological polar surface area (TPSA) is 99.3 Å². The van der Waals surface area contributed by atoms with E-state index in [1.54, 1.807) is 0 Å². The van der Waals surface area contributed by atoms with Gasteiger partial charge in [0.05, 0.1) is 11.6 Å². The third-order valence-corrected chi connectivity index (χ3v) is 4.32. The van der Waals surface area contributed by atoms with E-state index in [0.717, 1.165) is 0 Å². The summed E-state index contributed by atoms with van der Waals surface area (Å²) in [6.45, 7) is 9.27. The van der Waals surface area contributed by atoms with Crippen molar-refractivity contribution in [1.29, 1.82) is 0 Å². The van der Waals surface area contributed by atoms with Crippen LogP contribution in [0.25, 0.3) is 0 Å². The molecular weight excluding hydrogens is 260 g/mol. The summed E-state index contributed by atoms with van der Waals surface area (Å²) in [5.74, 6) is -2.84. The van der Waals surface area contributed by atoms with Crippen molar-refractivity contribution in [2.45, 2.75) is 40.7 Å². The number of hydrogen-bond acceptors (Lipinski definition) is 5. The van der Waals surface area contributed by atoms with E-state index in [4.69, 9.17) is 0 Å². The Labute approximate surface area is 117 Å². The summed E-state index contributed by atoms with van der Waals surface area (Å²) < 4.78 is 0. The van der Waals surface area contributed by atoms with Gasteiger partial charge in [-0.25, -0.2) is 0 Å². The molecular formula is C14H20N2O4. The van der Waals surface area contributed by atoms with Gasteiger partial charge in [-0.1, -0.05) is 34.6 Å². The summed E-state index contributed by atoms with van der Waals surface area (Å²) in [5, 5.41) is 28.0. The average molecular weight is 280 g/mol. The van der Waals surface area contributed by atoms with E-state index in [9.17, 15) is 19.8 Å². The van der Waals surface area contributed by atoms with Gasteiger partial charge in [-0.2, -0.15) is 5.10 Å². The number of nitrogens with zero attached hydrogens (tertiary/aromatic N) is 2. The second kappa shape index (κ2) is 4.22. The molecule has 1 aliphatic carbocycles. The van der Waals surface area contributed by atoms with Crippen LogP contribution >= 0.6 is 0 Å². The van der Waals surface area contributed by atoms with E-state index in [1.165, 1.54) is 0 Å². The van der Waals surface area contributed by atoms with Gasteiger partial charge in [0, 0.05) is 0 Å². The SMILES string of the molecule is CC(C)C1=NN=C(O)C1(C1C(=O)C(=O)C1O)C(C)(C)C. The van der Waals surface area contributed by atoms with E-state index in [0.29, 0.717) is 5.71 Å². The summed E-state index contributed by atoms with van der Waals surface area (Å²) in [7, 11) is 0. The molecule has 1 aliphatic heterocycles. The Bertz CT molecular complexity index is 542. The highest BCUT2D eigenvalue weighted by Gasteiger charge is 2.69. The van der Waals surface area contributed by atoms with Crippen LogP contribution in [0.2, 0.25) is 0 Å². The molecule has 0 aromatic carbocycles. The first-order valence-electron chi connectivity index (χ1n) is 6.68. The predicted molar refractivity (Wildman–Crippen MR) is 73.7 cm³/mol. The lowest BCUT2D eigenvalue weighted by atomic mass is 9.49. The number of hydrogen-bond donors (Lipinski definition) is 2. The maximum Gasteiger partial charge on any atom is 0.227 e. The molecule has 20 heavy (non-hydrogen) atoms. The van der Waals surface area contributed by atoms with Crippen LogP contribution in [0.4, 0.5) is 0 Å². The molecule has 0 radical (unpaired) electrons. The van der Waals surface area contributed by atoms with Crippen molar-refractivity contribution >= 4 is 23.2 Å². The fourth-order valence-electron chi connectivity index (χ4n) is 3.36. The molecule has 0 aromatic heterocycles. The van der Waals surface area contributed by atoms with Gasteiger partial charge in [0.1, 0.15) is 11.5 Å². The van der Waals surface area contributed by atoms with Gasteiger partial charge in [0.15, 0.2) is 0 Å². The molecule has 1 fully saturated rings. The van der Waals surface area contributed by atoms with Crippen LogP contribution in [0.1, 0.15) is 34.6 Å². The Morgan fingerprint density at radius 2 is 1.70 bits per heavy atom. The van der Waals surface area contributed by atoms with Crippen molar-refractivity contribution in [3.8, 4) is 0 Å². The van der Waals surface area contributed by atoms with Crippen LogP contribution in [-0.2, 0) is 9.59 Å². The Hall–Kier alpha value is -1.56. The minimum Gasteiger partial charge on any atom is -0.495 e. The first kappa shape index (κ1) is 14.8. The third-order valence-electron chi connectivity index (χ3n) is 4.32. The zero-order chi connectivity index (χ0) is 15.5. The fraction of sp³-hybridized carbons (Fsp3) is 0.714. The monoisotopic (exact) mass is 280 g/mol. The molecule has 0 bridgehead atoms. The summed E-state index contributed by atoms with van der Waals surface area (Å²) in [5.41, 5.74) is -1.30. The van der Waals surface area contributed by atoms with Crippen LogP contribution in [0.5, 0.6) is 0 Å². The maximum atomic E-state index is 12.0. The molecule has 3 unspecified atom stereocenters. The molecule has 0 amide bonds. The first-order valence-corrected chi connectivity index (χ1v) is 6.68. The quantitative estimate of drug-likeness (QED) is 0.740. The minimum absolute atomic E-state index is 0.0710. The van der Waals surface area contributed by atoms with Gasteiger partial charge >= 0.3 is 0 Å². The first-order chi connectivity index (χ1) is 9.06. The van der Waals surface area contributed by atoms with Crippen molar-refractivity contribution in [1.82, 2.24) is 0 Å². The lowest BCUT2D eigenvalue weighted by molar-refractivity contribution is -0.164. The Morgan fingerprint density at radius 1 is 1.15 bits per heavy atom. The lowest BCUT2D eigenvalue weighted by Gasteiger charge is -2.50. The highest BCUT2D eigenvalue weighted by molar-refractivity contribution is 6.48. The maximum absolute atomic E-state index is 12.0. The smallest absolute Gasteiger partial charge is 0.227 e. The Kier molecular flexibility index (Phi) is 3.13. The van der Waals surface area contributed by atoms with Crippen molar-refractivity contribution in [3.63, 3.8) is 0 Å². The second-order valence-corrected chi connectivity index (χ2v) is 6.77. The number of aliphatic hydroxyl groups excluding tert-OH is 2. The number of carbonyl (C=O) groups is 2. The largest absolute Gasteiger partial charge is 0.495 e. The molecule has 2 N–H and O–H groups in total. The van der Waals surface area contributed by atoms with Gasteiger partial charge < -0.3 is 10.2 Å². The van der Waals surface area contributed by atoms with Gasteiger partial charge in [0.25, 0.3) is 0 Å². The van der Waals surface area contributed by atoms with Crippen LogP contribution in [0.15, 0.2) is 10.2 Å². The normalized spacial score (nSPS) is 34.1. The van der Waals surface area contributed by atoms with Gasteiger partial charge in [-0.05, 0) is 11.3 Å². The molecule has 110 valence electrons. The molecule has 0 aromatic rings. The van der Waals surface area contributed by atoms with E-state index < -0.39 is 34.4 Å². The van der Waals surface area contributed by atoms with Crippen molar-refractivity contribution < 1.29 is 19.8 Å². The molecule has 6 nitrogen and oxygen atoms in total. The number of ketones is 2. The van der Waals surface area contributed by atoms with Gasteiger partial charge in [-0.3, -0.25) is 9.59 Å². The molecule has 3 atom stereocenters. The molecule has 0 spiro atoms. The molecule has 2 rings (SSSR count). The van der Waals surface area contributed by atoms with Crippen LogP contribution in [0.3, 0.4) is 0 Å². The van der Waals surface area contributed by atoms with E-state index in [-0.39, 0.29) is 11.8 Å². The van der Waals surface area contributed by atoms with Crippen molar-refractivity contribution in [2.24, 2.45) is 32.9 Å². The summed E-state index contributed by atoms with van der Waals surface area (Å²) in [6.07, 6.45) is -1.40. The number of rotatable bonds is 2. The zero-order valence-corrected chi connectivity index (χ0v) is 12.3. The molecule has 1 saturated carbocycles. The summed E-state index contributed by atoms with van der Waals surface area (Å²) >= 11 is 0. The highest BCUT2D eigenvalue weighted by atomic mass is 16.3. The molecule has 6 heteroatoms. The number of aliphatic hydroxyl groups is 2. The highest BCUT2D eigenvalue weighted by Crippen LogP contribution is 2.54. The van der Waals surface area contributed by atoms with E-state index >= 15 is 0 Å². The van der Waals surface area contributed by atoms with E-state index in [2.05, 4.69) is 10.2 Å². The van der Waals surface area contributed by atoms with Gasteiger partial charge in [0.2, 0.25) is 17.5 Å². The van der Waals surface area contributed by atoms with E-state index in [1.807, 2.05) is 34.6 Å². The Balaban J connectivity index is 2.65. The molecule has 1 heterocycles. The predicted octanol–water partition coefficient (Wildman–Crippen LogP) is 1.13. The second-order valence-electron chi connectivity index (χ2n) is 6.77. The standard InChI is InChI=1S/C14H20N2O4/c1-6(2)11-14(13(3,4)5,12(20)16-15-11)7-8(17)10(19)9(7)18/h6-8,17H,1-5H3,(H,16,20). The minimum atomic E-state index is -1.40. The van der Waals surface area contributed by atoms with Crippen LogP contribution in [-0.4, -0.2) is 39.5 Å². The fourth-order valence-corrected chi connectivity index (χ4v) is 3.36. The number of Topliss-reactive ketones (excluding diaryl/α,β-unsaturated/α-hetero) is 2. The molecule has 2 aliphatic rings. The summed E-state index contributed by atoms with van der Waals surface area (Å²) in [4.78, 5) is 23.4. The van der Waals surface area contributed by atoms with Crippen molar-refractivity contribution in [3.05, 3.63) is 0 Å². The lowest BCUT2D eigenvalue weighted by Crippen LogP contribution is -2.68. The average Bonchev–Trinajstić information content (AvgIpc) is 2.67. The van der Waals surface area contributed by atoms with Gasteiger partial charge in [-0.15, -0.1) is 5.10 Å².